The molecule has 0 aliphatic rings. The van der Waals surface area contributed by atoms with Gasteiger partial charge in [0, 0.05) is 25.3 Å². The number of nitrogens with two attached hydrogens (primary N) is 1. The number of aryl methyl sites for hydroxylation is 1. The lowest BCUT2D eigenvalue weighted by molar-refractivity contribution is -0.109. The van der Waals surface area contributed by atoms with Gasteiger partial charge in [-0.1, -0.05) is 11.8 Å². The molecule has 1 aromatic heterocycles. The number of hydrogen-bond donors (Lipinski definition) is 3. The molecule has 0 amide bonds. The molecule has 0 aliphatic carbocycles. The number of carbonyl (C=O) groups is 1. The van der Waals surface area contributed by atoms with Gasteiger partial charge in [0.05, 0.1) is 12.3 Å². The fraction of sp³-hybridized carbons (Fsp3) is 0.600. The molecular formula is C10H17N3O3S. The van der Waals surface area contributed by atoms with Gasteiger partial charge in [-0.15, -0.1) is 0 Å². The molecule has 0 spiro atoms. The van der Waals surface area contributed by atoms with Gasteiger partial charge in [0.2, 0.25) is 0 Å². The van der Waals surface area contributed by atoms with E-state index in [9.17, 15) is 15.0 Å². The van der Waals surface area contributed by atoms with Gasteiger partial charge in [-0.3, -0.25) is 9.48 Å². The van der Waals surface area contributed by atoms with Crippen molar-refractivity contribution in [1.29, 1.82) is 0 Å². The maximum atomic E-state index is 10.7. The monoisotopic (exact) mass is 259 g/mol. The highest BCUT2D eigenvalue weighted by atomic mass is 32.2. The van der Waals surface area contributed by atoms with Crippen LogP contribution < -0.4 is 5.73 Å². The van der Waals surface area contributed by atoms with Gasteiger partial charge < -0.3 is 15.9 Å². The Bertz CT molecular complexity index is 394. The smallest absolute Gasteiger partial charge is 0.185 e. The molecule has 1 aromatic rings. The number of rotatable bonds is 5. The summed E-state index contributed by atoms with van der Waals surface area (Å²) in [5.74, 6) is 0.795. The van der Waals surface area contributed by atoms with E-state index in [2.05, 4.69) is 5.10 Å². The zero-order valence-electron chi connectivity index (χ0n) is 9.83. The Morgan fingerprint density at radius 1 is 1.65 bits per heavy atom. The number of nitrogen functional groups attached to an aromatic ring is 1. The van der Waals surface area contributed by atoms with Gasteiger partial charge in [-0.05, 0) is 6.42 Å². The number of anilines is 1. The molecule has 1 rings (SSSR count). The van der Waals surface area contributed by atoms with Gasteiger partial charge in [0.15, 0.2) is 5.12 Å². The van der Waals surface area contributed by atoms with E-state index in [4.69, 9.17) is 5.73 Å². The van der Waals surface area contributed by atoms with E-state index < -0.39 is 12.2 Å². The lowest BCUT2D eigenvalue weighted by Crippen LogP contribution is -2.20. The van der Waals surface area contributed by atoms with E-state index in [0.717, 1.165) is 11.8 Å². The molecule has 17 heavy (non-hydrogen) atoms. The van der Waals surface area contributed by atoms with Crippen LogP contribution in [0.3, 0.4) is 0 Å². The van der Waals surface area contributed by atoms with Crippen molar-refractivity contribution < 1.29 is 15.0 Å². The van der Waals surface area contributed by atoms with Crippen LogP contribution in [0.1, 0.15) is 25.0 Å². The summed E-state index contributed by atoms with van der Waals surface area (Å²) in [5.41, 5.74) is 6.10. The first kappa shape index (κ1) is 14.0. The van der Waals surface area contributed by atoms with E-state index in [-0.39, 0.29) is 5.12 Å². The second kappa shape index (κ2) is 6.04. The van der Waals surface area contributed by atoms with Gasteiger partial charge >= 0.3 is 0 Å². The van der Waals surface area contributed by atoms with Gasteiger partial charge in [-0.25, -0.2) is 0 Å². The number of thioether (sulfide) groups is 1. The number of aliphatic hydroxyl groups is 2. The van der Waals surface area contributed by atoms with Crippen LogP contribution in [-0.4, -0.2) is 37.0 Å². The lowest BCUT2D eigenvalue weighted by Gasteiger charge is -2.16. The Morgan fingerprint density at radius 2 is 2.29 bits per heavy atom. The highest BCUT2D eigenvalue weighted by Gasteiger charge is 2.22. The van der Waals surface area contributed by atoms with E-state index in [1.165, 1.54) is 17.8 Å². The zero-order valence-corrected chi connectivity index (χ0v) is 10.6. The third-order valence-electron chi connectivity index (χ3n) is 2.42. The summed E-state index contributed by atoms with van der Waals surface area (Å²) < 4.78 is 1.43. The summed E-state index contributed by atoms with van der Waals surface area (Å²) >= 11 is 1.12. The summed E-state index contributed by atoms with van der Waals surface area (Å²) in [7, 11) is 1.66. The average molecular weight is 259 g/mol. The quantitative estimate of drug-likeness (QED) is 0.691. The third-order valence-corrected chi connectivity index (χ3v) is 3.26. The Hall–Kier alpha value is -1.05. The van der Waals surface area contributed by atoms with Crippen molar-refractivity contribution in [2.45, 2.75) is 25.6 Å². The third kappa shape index (κ3) is 3.72. The Balaban J connectivity index is 2.54. The molecule has 1 heterocycles. The maximum Gasteiger partial charge on any atom is 0.185 e. The SMILES string of the molecule is CC(=O)SCCC(O)C(O)c1cnn(C)c1N. The Morgan fingerprint density at radius 3 is 2.76 bits per heavy atom. The topological polar surface area (TPSA) is 101 Å². The molecule has 0 bridgehead atoms. The summed E-state index contributed by atoms with van der Waals surface area (Å²) in [6.45, 7) is 1.46. The standard InChI is InChI=1S/C10H17N3O3S/c1-6(14)17-4-3-8(15)9(16)7-5-12-13(2)10(7)11/h5,8-9,15-16H,3-4,11H2,1-2H3. The first-order valence-electron chi connectivity index (χ1n) is 5.20. The molecule has 2 atom stereocenters. The minimum absolute atomic E-state index is 0.00687. The molecule has 4 N–H and O–H groups in total. The Labute approximate surface area is 104 Å². The highest BCUT2D eigenvalue weighted by molar-refractivity contribution is 8.13. The molecule has 2 unspecified atom stereocenters. The molecular weight excluding hydrogens is 242 g/mol. The van der Waals surface area contributed by atoms with E-state index in [1.54, 1.807) is 7.05 Å². The first-order valence-corrected chi connectivity index (χ1v) is 6.19. The molecule has 0 aromatic carbocycles. The normalized spacial score (nSPS) is 14.6. The average Bonchev–Trinajstić information content (AvgIpc) is 2.58. The predicted octanol–water partition coefficient (Wildman–Crippen LogP) is 0.0664. The lowest BCUT2D eigenvalue weighted by atomic mass is 10.1. The van der Waals surface area contributed by atoms with Crippen LogP contribution in [0.25, 0.3) is 0 Å². The van der Waals surface area contributed by atoms with E-state index in [0.29, 0.717) is 23.6 Å². The first-order chi connectivity index (χ1) is 7.93. The van der Waals surface area contributed by atoms with Gasteiger partial charge in [0.25, 0.3) is 0 Å². The fourth-order valence-electron chi connectivity index (χ4n) is 1.38. The number of hydrogen-bond acceptors (Lipinski definition) is 6. The maximum absolute atomic E-state index is 10.7. The van der Waals surface area contributed by atoms with Crippen molar-refractivity contribution in [2.24, 2.45) is 7.05 Å². The zero-order chi connectivity index (χ0) is 13.0. The van der Waals surface area contributed by atoms with Crippen LogP contribution in [0.4, 0.5) is 5.82 Å². The van der Waals surface area contributed by atoms with Crippen molar-refractivity contribution in [3.05, 3.63) is 11.8 Å². The van der Waals surface area contributed by atoms with Crippen LogP contribution in [0.2, 0.25) is 0 Å². The molecule has 0 saturated carbocycles. The van der Waals surface area contributed by atoms with Crippen molar-refractivity contribution >= 4 is 22.7 Å². The van der Waals surface area contributed by atoms with Crippen LogP contribution in [0.15, 0.2) is 6.20 Å². The van der Waals surface area contributed by atoms with E-state index in [1.807, 2.05) is 0 Å². The van der Waals surface area contributed by atoms with Crippen LogP contribution >= 0.6 is 11.8 Å². The molecule has 0 radical (unpaired) electrons. The number of aromatic nitrogens is 2. The number of aliphatic hydroxyl groups excluding tert-OH is 2. The van der Waals surface area contributed by atoms with Gasteiger partial charge in [0.1, 0.15) is 11.9 Å². The molecule has 96 valence electrons. The molecule has 0 fully saturated rings. The summed E-state index contributed by atoms with van der Waals surface area (Å²) in [4.78, 5) is 10.7. The largest absolute Gasteiger partial charge is 0.390 e. The summed E-state index contributed by atoms with van der Waals surface area (Å²) in [5, 5.41) is 23.5. The van der Waals surface area contributed by atoms with Crippen molar-refractivity contribution in [3.8, 4) is 0 Å². The minimum atomic E-state index is -1.07. The highest BCUT2D eigenvalue weighted by Crippen LogP contribution is 2.24. The summed E-state index contributed by atoms with van der Waals surface area (Å²) in [6, 6.07) is 0. The number of carbonyl (C=O) groups excluding carboxylic acids is 1. The molecule has 0 aliphatic heterocycles. The second-order valence-electron chi connectivity index (χ2n) is 3.75. The van der Waals surface area contributed by atoms with E-state index >= 15 is 0 Å². The van der Waals surface area contributed by atoms with Crippen LogP contribution in [0.5, 0.6) is 0 Å². The molecule has 7 heteroatoms. The predicted molar refractivity (Wildman–Crippen MR) is 66.3 cm³/mol. The molecule has 6 nitrogen and oxygen atoms in total. The number of nitrogens with zero attached hydrogens (tertiary/aromatic N) is 2. The molecule has 0 saturated heterocycles. The minimum Gasteiger partial charge on any atom is -0.390 e. The fourth-order valence-corrected chi connectivity index (χ4v) is 2.03. The summed E-state index contributed by atoms with van der Waals surface area (Å²) in [6.07, 6.45) is -0.272. The van der Waals surface area contributed by atoms with Crippen molar-refractivity contribution in [2.75, 3.05) is 11.5 Å². The second-order valence-corrected chi connectivity index (χ2v) is 5.02. The van der Waals surface area contributed by atoms with Crippen molar-refractivity contribution in [3.63, 3.8) is 0 Å². The van der Waals surface area contributed by atoms with Crippen LogP contribution in [-0.2, 0) is 11.8 Å². The van der Waals surface area contributed by atoms with Crippen LogP contribution in [0, 0.1) is 0 Å². The Kier molecular flexibility index (Phi) is 4.98. The van der Waals surface area contributed by atoms with Crippen molar-refractivity contribution in [1.82, 2.24) is 9.78 Å². The van der Waals surface area contributed by atoms with Gasteiger partial charge in [-0.2, -0.15) is 5.10 Å².